The van der Waals surface area contributed by atoms with Gasteiger partial charge in [-0.1, -0.05) is 11.6 Å². The molecule has 0 aliphatic carbocycles. The Morgan fingerprint density at radius 3 is 2.64 bits per heavy atom. The standard InChI is InChI=1S/C16H17ClN2O2S/c1-10-14(16(20)21)22-15(18-10)11-5-6-13(12(17)9-11)19-7-3-2-4-8-19/h5-6,9H,2-4,7-8H2,1H3,(H,20,21). The fourth-order valence-electron chi connectivity index (χ4n) is 2.75. The summed E-state index contributed by atoms with van der Waals surface area (Å²) in [4.78, 5) is 18.1. The van der Waals surface area contributed by atoms with Crippen LogP contribution in [0.1, 0.15) is 34.6 Å². The average molecular weight is 337 g/mol. The predicted octanol–water partition coefficient (Wildman–Crippen LogP) is 4.46. The number of aryl methyl sites for hydroxylation is 1. The molecule has 116 valence electrons. The summed E-state index contributed by atoms with van der Waals surface area (Å²) in [7, 11) is 0. The molecule has 22 heavy (non-hydrogen) atoms. The van der Waals surface area contributed by atoms with E-state index in [9.17, 15) is 4.79 Å². The van der Waals surface area contributed by atoms with Crippen molar-refractivity contribution in [2.24, 2.45) is 0 Å². The van der Waals surface area contributed by atoms with E-state index in [1.807, 2.05) is 18.2 Å². The summed E-state index contributed by atoms with van der Waals surface area (Å²) >= 11 is 7.63. The molecule has 1 aliphatic heterocycles. The smallest absolute Gasteiger partial charge is 0.347 e. The molecule has 0 amide bonds. The molecule has 0 bridgehead atoms. The van der Waals surface area contributed by atoms with Gasteiger partial charge in [0.2, 0.25) is 0 Å². The quantitative estimate of drug-likeness (QED) is 0.899. The normalized spacial score (nSPS) is 15.1. The third-order valence-corrected chi connectivity index (χ3v) is 5.38. The van der Waals surface area contributed by atoms with E-state index in [0.717, 1.165) is 24.3 Å². The van der Waals surface area contributed by atoms with E-state index < -0.39 is 5.97 Å². The number of aromatic carboxylic acids is 1. The van der Waals surface area contributed by atoms with Crippen LogP contribution in [0.25, 0.3) is 10.6 Å². The Morgan fingerprint density at radius 1 is 1.32 bits per heavy atom. The van der Waals surface area contributed by atoms with Crippen molar-refractivity contribution in [2.75, 3.05) is 18.0 Å². The third kappa shape index (κ3) is 2.96. The maximum absolute atomic E-state index is 11.1. The van der Waals surface area contributed by atoms with Gasteiger partial charge in [-0.25, -0.2) is 9.78 Å². The van der Waals surface area contributed by atoms with Crippen LogP contribution in [0.2, 0.25) is 5.02 Å². The predicted molar refractivity (Wildman–Crippen MR) is 90.3 cm³/mol. The van der Waals surface area contributed by atoms with Crippen LogP contribution >= 0.6 is 22.9 Å². The van der Waals surface area contributed by atoms with Gasteiger partial charge in [0, 0.05) is 18.7 Å². The van der Waals surface area contributed by atoms with Crippen molar-refractivity contribution >= 4 is 34.6 Å². The van der Waals surface area contributed by atoms with Crippen LogP contribution in [0.5, 0.6) is 0 Å². The number of carboxylic acid groups (broad SMARTS) is 1. The SMILES string of the molecule is Cc1nc(-c2ccc(N3CCCCC3)c(Cl)c2)sc1C(=O)O. The summed E-state index contributed by atoms with van der Waals surface area (Å²) in [5, 5.41) is 10.5. The molecule has 1 aromatic heterocycles. The summed E-state index contributed by atoms with van der Waals surface area (Å²) in [6.07, 6.45) is 3.68. The topological polar surface area (TPSA) is 53.4 Å². The number of thiazole rings is 1. The highest BCUT2D eigenvalue weighted by atomic mass is 35.5. The van der Waals surface area contributed by atoms with Gasteiger partial charge in [-0.15, -0.1) is 11.3 Å². The first kappa shape index (κ1) is 15.3. The van der Waals surface area contributed by atoms with Crippen molar-refractivity contribution in [1.82, 2.24) is 4.98 Å². The molecule has 1 aliphatic rings. The largest absolute Gasteiger partial charge is 0.477 e. The Bertz CT molecular complexity index is 708. The number of benzene rings is 1. The maximum atomic E-state index is 11.1. The maximum Gasteiger partial charge on any atom is 0.347 e. The fraction of sp³-hybridized carbons (Fsp3) is 0.375. The number of anilines is 1. The summed E-state index contributed by atoms with van der Waals surface area (Å²) in [6, 6.07) is 5.87. The van der Waals surface area contributed by atoms with Gasteiger partial charge in [0.25, 0.3) is 0 Å². The van der Waals surface area contributed by atoms with Crippen molar-refractivity contribution in [3.05, 3.63) is 33.8 Å². The molecule has 0 saturated carbocycles. The second kappa shape index (κ2) is 6.26. The first-order valence-corrected chi connectivity index (χ1v) is 8.51. The molecule has 0 radical (unpaired) electrons. The first-order valence-electron chi connectivity index (χ1n) is 7.32. The van der Waals surface area contributed by atoms with E-state index in [4.69, 9.17) is 16.7 Å². The second-order valence-electron chi connectivity index (χ2n) is 5.45. The van der Waals surface area contributed by atoms with E-state index in [2.05, 4.69) is 9.88 Å². The Balaban J connectivity index is 1.91. The fourth-order valence-corrected chi connectivity index (χ4v) is 3.95. The van der Waals surface area contributed by atoms with Gasteiger partial charge >= 0.3 is 5.97 Å². The van der Waals surface area contributed by atoms with E-state index in [-0.39, 0.29) is 4.88 Å². The van der Waals surface area contributed by atoms with Crippen LogP contribution in [-0.4, -0.2) is 29.1 Å². The van der Waals surface area contributed by atoms with Crippen LogP contribution in [0, 0.1) is 6.92 Å². The zero-order valence-corrected chi connectivity index (χ0v) is 13.9. The van der Waals surface area contributed by atoms with Crippen LogP contribution in [0.4, 0.5) is 5.69 Å². The molecule has 0 spiro atoms. The first-order chi connectivity index (χ1) is 10.6. The highest BCUT2D eigenvalue weighted by molar-refractivity contribution is 7.17. The number of rotatable bonds is 3. The minimum Gasteiger partial charge on any atom is -0.477 e. The lowest BCUT2D eigenvalue weighted by molar-refractivity contribution is 0.0701. The van der Waals surface area contributed by atoms with E-state index >= 15 is 0 Å². The van der Waals surface area contributed by atoms with Crippen LogP contribution in [0.3, 0.4) is 0 Å². The Morgan fingerprint density at radius 2 is 2.05 bits per heavy atom. The molecule has 3 rings (SSSR count). The molecule has 1 N–H and O–H groups in total. The minimum absolute atomic E-state index is 0.284. The molecule has 4 nitrogen and oxygen atoms in total. The molecule has 1 fully saturated rings. The third-order valence-electron chi connectivity index (χ3n) is 3.88. The van der Waals surface area contributed by atoms with Gasteiger partial charge in [0.1, 0.15) is 9.88 Å². The van der Waals surface area contributed by atoms with E-state index in [1.54, 1.807) is 6.92 Å². The Kier molecular flexibility index (Phi) is 4.36. The molecular weight excluding hydrogens is 320 g/mol. The van der Waals surface area contributed by atoms with Crippen molar-refractivity contribution in [1.29, 1.82) is 0 Å². The molecular formula is C16H17ClN2O2S. The zero-order valence-electron chi connectivity index (χ0n) is 12.3. The highest BCUT2D eigenvalue weighted by Crippen LogP contribution is 2.35. The van der Waals surface area contributed by atoms with Gasteiger partial charge in [-0.2, -0.15) is 0 Å². The summed E-state index contributed by atoms with van der Waals surface area (Å²) in [5.41, 5.74) is 2.46. The van der Waals surface area contributed by atoms with Gasteiger partial charge in [-0.3, -0.25) is 0 Å². The zero-order chi connectivity index (χ0) is 15.7. The Labute approximate surface area is 138 Å². The highest BCUT2D eigenvalue weighted by Gasteiger charge is 2.18. The number of halogens is 1. The number of hydrogen-bond acceptors (Lipinski definition) is 4. The van der Waals surface area contributed by atoms with Gasteiger partial charge < -0.3 is 10.0 Å². The van der Waals surface area contributed by atoms with Crippen molar-refractivity contribution < 1.29 is 9.90 Å². The van der Waals surface area contributed by atoms with Crippen molar-refractivity contribution in [3.8, 4) is 10.6 Å². The lowest BCUT2D eigenvalue weighted by Gasteiger charge is -2.29. The molecule has 2 heterocycles. The molecule has 6 heteroatoms. The van der Waals surface area contributed by atoms with Crippen LogP contribution < -0.4 is 4.90 Å². The lowest BCUT2D eigenvalue weighted by Crippen LogP contribution is -2.29. The monoisotopic (exact) mass is 336 g/mol. The lowest BCUT2D eigenvalue weighted by atomic mass is 10.1. The van der Waals surface area contributed by atoms with Gasteiger partial charge in [0.15, 0.2) is 0 Å². The number of nitrogens with zero attached hydrogens (tertiary/aromatic N) is 2. The van der Waals surface area contributed by atoms with Crippen LogP contribution in [-0.2, 0) is 0 Å². The van der Waals surface area contributed by atoms with Gasteiger partial charge in [-0.05, 0) is 44.4 Å². The number of carboxylic acids is 1. The van der Waals surface area contributed by atoms with Crippen LogP contribution in [0.15, 0.2) is 18.2 Å². The molecule has 0 atom stereocenters. The molecule has 2 aromatic rings. The summed E-state index contributed by atoms with van der Waals surface area (Å²) < 4.78 is 0. The molecule has 0 unspecified atom stereocenters. The van der Waals surface area contributed by atoms with Crippen molar-refractivity contribution in [3.63, 3.8) is 0 Å². The summed E-state index contributed by atoms with van der Waals surface area (Å²) in [5.74, 6) is -0.933. The molecule has 1 saturated heterocycles. The van der Waals surface area contributed by atoms with Gasteiger partial charge in [0.05, 0.1) is 16.4 Å². The molecule has 1 aromatic carbocycles. The minimum atomic E-state index is -0.933. The second-order valence-corrected chi connectivity index (χ2v) is 6.86. The van der Waals surface area contributed by atoms with Crippen molar-refractivity contribution in [2.45, 2.75) is 26.2 Å². The Hall–Kier alpha value is -1.59. The van der Waals surface area contributed by atoms with E-state index in [0.29, 0.717) is 15.7 Å². The number of aromatic nitrogens is 1. The number of hydrogen-bond donors (Lipinski definition) is 1. The average Bonchev–Trinajstić information content (AvgIpc) is 2.90. The van der Waals surface area contributed by atoms with E-state index in [1.165, 1.54) is 30.6 Å². The number of carbonyl (C=O) groups is 1. The summed E-state index contributed by atoms with van der Waals surface area (Å²) in [6.45, 7) is 3.80. The number of piperidine rings is 1.